The minimum atomic E-state index is 0. The highest BCUT2D eigenvalue weighted by atomic mass is 35.5. The van der Waals surface area contributed by atoms with E-state index in [0.717, 1.165) is 44.4 Å². The van der Waals surface area contributed by atoms with Crippen LogP contribution in [-0.2, 0) is 11.2 Å². The Morgan fingerprint density at radius 2 is 2.17 bits per heavy atom. The Morgan fingerprint density at radius 3 is 2.83 bits per heavy atom. The summed E-state index contributed by atoms with van der Waals surface area (Å²) in [7, 11) is 5.83. The molecule has 136 valence electrons. The fourth-order valence-electron chi connectivity index (χ4n) is 3.33. The highest BCUT2D eigenvalue weighted by Gasteiger charge is 2.26. The number of methoxy groups -OCH3 is 1. The van der Waals surface area contributed by atoms with Crippen LogP contribution in [0.5, 0.6) is 5.75 Å². The van der Waals surface area contributed by atoms with Crippen molar-refractivity contribution in [1.82, 2.24) is 10.2 Å². The zero-order chi connectivity index (χ0) is 16.8. The maximum Gasteiger partial charge on any atom is 0.223 e. The van der Waals surface area contributed by atoms with E-state index >= 15 is 0 Å². The van der Waals surface area contributed by atoms with E-state index in [0.29, 0.717) is 0 Å². The topological polar surface area (TPSA) is 41.6 Å². The van der Waals surface area contributed by atoms with E-state index in [1.807, 2.05) is 19.1 Å². The van der Waals surface area contributed by atoms with Gasteiger partial charge in [0.25, 0.3) is 0 Å². The van der Waals surface area contributed by atoms with E-state index in [4.69, 9.17) is 4.74 Å². The summed E-state index contributed by atoms with van der Waals surface area (Å²) in [6.45, 7) is 3.05. The van der Waals surface area contributed by atoms with Crippen molar-refractivity contribution in [3.8, 4) is 5.75 Å². The van der Waals surface area contributed by atoms with Gasteiger partial charge in [-0.2, -0.15) is 0 Å². The fourth-order valence-corrected chi connectivity index (χ4v) is 3.33. The number of ether oxygens (including phenoxy) is 1. The summed E-state index contributed by atoms with van der Waals surface area (Å²) < 4.78 is 5.52. The number of rotatable bonds is 7. The molecule has 0 aromatic heterocycles. The maximum absolute atomic E-state index is 12.5. The fraction of sp³-hybridized carbons (Fsp3) is 0.632. The lowest BCUT2D eigenvalue weighted by atomic mass is 9.86. The zero-order valence-corrected chi connectivity index (χ0v) is 16.1. The van der Waals surface area contributed by atoms with Gasteiger partial charge >= 0.3 is 0 Å². The number of nitrogens with one attached hydrogen (secondary N) is 1. The second-order valence-electron chi connectivity index (χ2n) is 6.83. The summed E-state index contributed by atoms with van der Waals surface area (Å²) in [6, 6.07) is 6.25. The van der Waals surface area contributed by atoms with Crippen LogP contribution in [0.3, 0.4) is 0 Å². The third-order valence-corrected chi connectivity index (χ3v) is 4.67. The van der Waals surface area contributed by atoms with Crippen molar-refractivity contribution in [2.75, 3.05) is 27.7 Å². The SMILES string of the molecule is COc1cccc2c1C(NC(=O)C(C)CCCN(C)C)CCC2.Cl. The van der Waals surface area contributed by atoms with Crippen molar-refractivity contribution in [3.05, 3.63) is 29.3 Å². The van der Waals surface area contributed by atoms with Gasteiger partial charge in [-0.3, -0.25) is 4.79 Å². The van der Waals surface area contributed by atoms with Crippen molar-refractivity contribution in [1.29, 1.82) is 0 Å². The molecule has 0 radical (unpaired) electrons. The van der Waals surface area contributed by atoms with Crippen LogP contribution in [0.4, 0.5) is 0 Å². The molecular formula is C19H31ClN2O2. The normalized spacial score (nSPS) is 17.6. The van der Waals surface area contributed by atoms with Gasteiger partial charge in [0.1, 0.15) is 5.75 Å². The Labute approximate surface area is 152 Å². The number of halogens is 1. The number of nitrogens with zero attached hydrogens (tertiary/aromatic N) is 1. The van der Waals surface area contributed by atoms with Gasteiger partial charge in [-0.1, -0.05) is 19.1 Å². The van der Waals surface area contributed by atoms with Gasteiger partial charge in [-0.15, -0.1) is 12.4 Å². The number of hydrogen-bond acceptors (Lipinski definition) is 3. The molecular weight excluding hydrogens is 324 g/mol. The molecule has 0 spiro atoms. The standard InChI is InChI=1S/C19H30N2O2.ClH/c1-14(8-7-13-21(2)3)19(22)20-16-11-5-9-15-10-6-12-17(23-4)18(15)16;/h6,10,12,14,16H,5,7-9,11,13H2,1-4H3,(H,20,22);1H. The van der Waals surface area contributed by atoms with Gasteiger partial charge in [-0.25, -0.2) is 0 Å². The van der Waals surface area contributed by atoms with Gasteiger partial charge in [0, 0.05) is 11.5 Å². The molecule has 2 rings (SSSR count). The van der Waals surface area contributed by atoms with Crippen LogP contribution >= 0.6 is 12.4 Å². The van der Waals surface area contributed by atoms with Crippen LogP contribution in [0.2, 0.25) is 0 Å². The van der Waals surface area contributed by atoms with Crippen LogP contribution in [-0.4, -0.2) is 38.6 Å². The van der Waals surface area contributed by atoms with Gasteiger partial charge in [0.05, 0.1) is 13.2 Å². The molecule has 1 N–H and O–H groups in total. The molecule has 4 nitrogen and oxygen atoms in total. The lowest BCUT2D eigenvalue weighted by molar-refractivity contribution is -0.125. The number of carbonyl (C=O) groups is 1. The molecule has 0 heterocycles. The Balaban J connectivity index is 0.00000288. The summed E-state index contributed by atoms with van der Waals surface area (Å²) in [5.74, 6) is 1.11. The Kier molecular flexibility index (Phi) is 8.57. The maximum atomic E-state index is 12.5. The number of aryl methyl sites for hydroxylation is 1. The first kappa shape index (κ1) is 20.8. The van der Waals surface area contributed by atoms with E-state index in [1.54, 1.807) is 7.11 Å². The summed E-state index contributed by atoms with van der Waals surface area (Å²) in [4.78, 5) is 14.7. The van der Waals surface area contributed by atoms with Gasteiger partial charge in [0.15, 0.2) is 0 Å². The molecule has 0 saturated carbocycles. The second kappa shape index (κ2) is 9.90. The van der Waals surface area contributed by atoms with Crippen molar-refractivity contribution >= 4 is 18.3 Å². The number of fused-ring (bicyclic) bond motifs is 1. The molecule has 0 bridgehead atoms. The van der Waals surface area contributed by atoms with Gasteiger partial charge in [0.2, 0.25) is 5.91 Å². The van der Waals surface area contributed by atoms with Crippen molar-refractivity contribution < 1.29 is 9.53 Å². The minimum Gasteiger partial charge on any atom is -0.496 e. The third kappa shape index (κ3) is 5.38. The highest BCUT2D eigenvalue weighted by molar-refractivity contribution is 5.85. The summed E-state index contributed by atoms with van der Waals surface area (Å²) >= 11 is 0. The van der Waals surface area contributed by atoms with E-state index in [1.165, 1.54) is 11.1 Å². The summed E-state index contributed by atoms with van der Waals surface area (Å²) in [6.07, 6.45) is 5.14. The van der Waals surface area contributed by atoms with E-state index in [9.17, 15) is 4.79 Å². The molecule has 2 atom stereocenters. The zero-order valence-electron chi connectivity index (χ0n) is 15.3. The summed E-state index contributed by atoms with van der Waals surface area (Å²) in [5.41, 5.74) is 2.48. The molecule has 0 fully saturated rings. The molecule has 1 amide bonds. The lowest BCUT2D eigenvalue weighted by Gasteiger charge is -2.29. The van der Waals surface area contributed by atoms with Gasteiger partial charge in [-0.05, 0) is 64.4 Å². The largest absolute Gasteiger partial charge is 0.496 e. The molecule has 5 heteroatoms. The smallest absolute Gasteiger partial charge is 0.223 e. The second-order valence-corrected chi connectivity index (χ2v) is 6.83. The Bertz CT molecular complexity index is 520. The van der Waals surface area contributed by atoms with Crippen LogP contribution < -0.4 is 10.1 Å². The van der Waals surface area contributed by atoms with Gasteiger partial charge < -0.3 is 15.0 Å². The third-order valence-electron chi connectivity index (χ3n) is 4.67. The average molecular weight is 355 g/mol. The molecule has 0 aliphatic heterocycles. The molecule has 0 saturated heterocycles. The molecule has 1 aromatic carbocycles. The molecule has 2 unspecified atom stereocenters. The first-order valence-electron chi connectivity index (χ1n) is 8.63. The van der Waals surface area contributed by atoms with E-state index in [2.05, 4.69) is 30.4 Å². The number of carbonyl (C=O) groups excluding carboxylic acids is 1. The quantitative estimate of drug-likeness (QED) is 0.813. The molecule has 1 aromatic rings. The molecule has 24 heavy (non-hydrogen) atoms. The van der Waals surface area contributed by atoms with Crippen LogP contribution in [0.25, 0.3) is 0 Å². The number of hydrogen-bond donors (Lipinski definition) is 1. The highest BCUT2D eigenvalue weighted by Crippen LogP contribution is 2.36. The predicted molar refractivity (Wildman–Crippen MR) is 101 cm³/mol. The first-order valence-corrected chi connectivity index (χ1v) is 8.63. The Hall–Kier alpha value is -1.26. The summed E-state index contributed by atoms with van der Waals surface area (Å²) in [5, 5.41) is 3.26. The van der Waals surface area contributed by atoms with Crippen LogP contribution in [0.15, 0.2) is 18.2 Å². The first-order chi connectivity index (χ1) is 11.0. The van der Waals surface area contributed by atoms with Crippen molar-refractivity contribution in [3.63, 3.8) is 0 Å². The van der Waals surface area contributed by atoms with Crippen molar-refractivity contribution in [2.45, 2.75) is 45.1 Å². The number of amides is 1. The Morgan fingerprint density at radius 1 is 1.42 bits per heavy atom. The lowest BCUT2D eigenvalue weighted by Crippen LogP contribution is -2.35. The average Bonchev–Trinajstić information content (AvgIpc) is 2.53. The van der Waals surface area contributed by atoms with Crippen molar-refractivity contribution in [2.24, 2.45) is 5.92 Å². The number of benzene rings is 1. The monoisotopic (exact) mass is 354 g/mol. The molecule has 1 aliphatic carbocycles. The van der Waals surface area contributed by atoms with E-state index < -0.39 is 0 Å². The molecule has 1 aliphatic rings. The predicted octanol–water partition coefficient (Wildman–Crippen LogP) is 3.59. The van der Waals surface area contributed by atoms with Crippen LogP contribution in [0.1, 0.15) is 49.8 Å². The van der Waals surface area contributed by atoms with E-state index in [-0.39, 0.29) is 30.3 Å². The minimum absolute atomic E-state index is 0. The van der Waals surface area contributed by atoms with Crippen LogP contribution in [0, 0.1) is 5.92 Å².